The number of fused-ring (bicyclic) bond motifs is 1. The van der Waals surface area contributed by atoms with Gasteiger partial charge in [0.1, 0.15) is 5.75 Å². The second-order valence-corrected chi connectivity index (χ2v) is 8.24. The molecule has 6 nitrogen and oxygen atoms in total. The summed E-state index contributed by atoms with van der Waals surface area (Å²) < 4.78 is 11.1. The Morgan fingerprint density at radius 1 is 1.21 bits per heavy atom. The fraction of sp³-hybridized carbons (Fsp3) is 0.682. The summed E-state index contributed by atoms with van der Waals surface area (Å²) in [6.45, 7) is 7.15. The number of hydrogen-bond acceptors (Lipinski definition) is 4. The highest BCUT2D eigenvalue weighted by Crippen LogP contribution is 2.25. The van der Waals surface area contributed by atoms with Gasteiger partial charge in [-0.05, 0) is 48.8 Å². The fourth-order valence-electron chi connectivity index (χ4n) is 4.46. The zero-order valence-corrected chi connectivity index (χ0v) is 17.1. The maximum absolute atomic E-state index is 5.59. The van der Waals surface area contributed by atoms with Crippen LogP contribution in [0.1, 0.15) is 30.4 Å². The van der Waals surface area contributed by atoms with Crippen LogP contribution < -0.4 is 15.4 Å². The van der Waals surface area contributed by atoms with Crippen LogP contribution in [0.3, 0.4) is 0 Å². The van der Waals surface area contributed by atoms with Gasteiger partial charge in [0.25, 0.3) is 0 Å². The normalized spacial score (nSPS) is 23.5. The zero-order chi connectivity index (χ0) is 19.2. The second kappa shape index (κ2) is 9.61. The number of ether oxygens (including phenoxy) is 2. The lowest BCUT2D eigenvalue weighted by atomic mass is 10.0. The number of nitrogens with one attached hydrogen (secondary N) is 2. The summed E-state index contributed by atoms with van der Waals surface area (Å²) >= 11 is 0. The Hall–Kier alpha value is -1.79. The van der Waals surface area contributed by atoms with Crippen LogP contribution in [-0.4, -0.2) is 69.9 Å². The number of benzene rings is 1. The standard InChI is InChI=1S/C22H34N4O2/c1-23-22(24-9-4-17-2-3-21-19(14-17)8-13-28-21)25-20-5-10-26(11-6-20)15-18-7-12-27-16-18/h2-3,14,18,20H,4-13,15-16H2,1H3,(H2,23,24,25). The van der Waals surface area contributed by atoms with E-state index in [0.29, 0.717) is 6.04 Å². The Morgan fingerprint density at radius 2 is 2.11 bits per heavy atom. The van der Waals surface area contributed by atoms with E-state index >= 15 is 0 Å². The van der Waals surface area contributed by atoms with Gasteiger partial charge in [-0.15, -0.1) is 0 Å². The van der Waals surface area contributed by atoms with Gasteiger partial charge in [0.05, 0.1) is 13.2 Å². The van der Waals surface area contributed by atoms with Crippen molar-refractivity contribution in [1.82, 2.24) is 15.5 Å². The lowest BCUT2D eigenvalue weighted by Gasteiger charge is -2.34. The molecule has 3 aliphatic rings. The third kappa shape index (κ3) is 5.17. The highest BCUT2D eigenvalue weighted by Gasteiger charge is 2.24. The number of hydrogen-bond donors (Lipinski definition) is 2. The summed E-state index contributed by atoms with van der Waals surface area (Å²) in [4.78, 5) is 7.02. The highest BCUT2D eigenvalue weighted by molar-refractivity contribution is 5.79. The van der Waals surface area contributed by atoms with Crippen LogP contribution in [0.4, 0.5) is 0 Å². The van der Waals surface area contributed by atoms with Crippen LogP contribution >= 0.6 is 0 Å². The van der Waals surface area contributed by atoms with Crippen molar-refractivity contribution in [2.24, 2.45) is 10.9 Å². The number of piperidine rings is 1. The van der Waals surface area contributed by atoms with Crippen LogP contribution in [0.5, 0.6) is 5.75 Å². The average molecular weight is 387 g/mol. The molecule has 28 heavy (non-hydrogen) atoms. The minimum absolute atomic E-state index is 0.513. The predicted molar refractivity (Wildman–Crippen MR) is 112 cm³/mol. The summed E-state index contributed by atoms with van der Waals surface area (Å²) in [6.07, 6.45) is 5.62. The van der Waals surface area contributed by atoms with Crippen molar-refractivity contribution in [3.63, 3.8) is 0 Å². The van der Waals surface area contributed by atoms with Crippen LogP contribution in [0.15, 0.2) is 23.2 Å². The van der Waals surface area contributed by atoms with Crippen LogP contribution in [-0.2, 0) is 17.6 Å². The molecule has 1 atom stereocenters. The number of rotatable bonds is 6. The lowest BCUT2D eigenvalue weighted by molar-refractivity contribution is 0.150. The number of likely N-dealkylation sites (tertiary alicyclic amines) is 1. The van der Waals surface area contributed by atoms with Gasteiger partial charge >= 0.3 is 0 Å². The Morgan fingerprint density at radius 3 is 2.89 bits per heavy atom. The first-order valence-corrected chi connectivity index (χ1v) is 10.8. The molecule has 0 saturated carbocycles. The maximum Gasteiger partial charge on any atom is 0.191 e. The molecule has 2 fully saturated rings. The summed E-state index contributed by atoms with van der Waals surface area (Å²) in [7, 11) is 1.86. The molecule has 2 N–H and O–H groups in total. The smallest absolute Gasteiger partial charge is 0.191 e. The molecule has 0 amide bonds. The molecule has 0 aliphatic carbocycles. The molecule has 0 spiro atoms. The SMILES string of the molecule is CN=C(NCCc1ccc2c(c1)CCO2)NC1CCN(CC2CCOC2)CC1. The molecule has 3 aliphatic heterocycles. The van der Waals surface area contributed by atoms with Gasteiger partial charge in [-0.2, -0.15) is 0 Å². The van der Waals surface area contributed by atoms with Gasteiger partial charge < -0.3 is 25.0 Å². The molecule has 6 heteroatoms. The molecule has 2 saturated heterocycles. The fourth-order valence-corrected chi connectivity index (χ4v) is 4.46. The molecule has 4 rings (SSSR count). The topological polar surface area (TPSA) is 58.1 Å². The van der Waals surface area contributed by atoms with Crippen molar-refractivity contribution in [3.05, 3.63) is 29.3 Å². The van der Waals surface area contributed by atoms with Crippen molar-refractivity contribution < 1.29 is 9.47 Å². The molecule has 154 valence electrons. The zero-order valence-electron chi connectivity index (χ0n) is 17.1. The summed E-state index contributed by atoms with van der Waals surface area (Å²) in [5.41, 5.74) is 2.70. The lowest BCUT2D eigenvalue weighted by Crippen LogP contribution is -2.49. The Kier molecular flexibility index (Phi) is 6.70. The van der Waals surface area contributed by atoms with Crippen LogP contribution in [0.25, 0.3) is 0 Å². The molecule has 0 radical (unpaired) electrons. The number of guanidine groups is 1. The minimum Gasteiger partial charge on any atom is -0.493 e. The third-order valence-corrected chi connectivity index (χ3v) is 6.15. The molecule has 3 heterocycles. The van der Waals surface area contributed by atoms with Gasteiger partial charge in [0.2, 0.25) is 0 Å². The first-order chi connectivity index (χ1) is 13.8. The minimum atomic E-state index is 0.513. The molecule has 0 bridgehead atoms. The molecule has 1 aromatic carbocycles. The summed E-state index contributed by atoms with van der Waals surface area (Å²) in [5, 5.41) is 7.10. The van der Waals surface area contributed by atoms with Gasteiger partial charge in [0, 0.05) is 52.3 Å². The van der Waals surface area contributed by atoms with Gasteiger partial charge in [-0.3, -0.25) is 4.99 Å². The van der Waals surface area contributed by atoms with Crippen molar-refractivity contribution in [3.8, 4) is 5.75 Å². The van der Waals surface area contributed by atoms with E-state index in [2.05, 4.69) is 38.7 Å². The van der Waals surface area contributed by atoms with E-state index in [-0.39, 0.29) is 0 Å². The van der Waals surface area contributed by atoms with E-state index in [0.717, 1.165) is 56.8 Å². The summed E-state index contributed by atoms with van der Waals surface area (Å²) in [5.74, 6) is 2.72. The number of aliphatic imine (C=N–C) groups is 1. The van der Waals surface area contributed by atoms with Crippen LogP contribution in [0, 0.1) is 5.92 Å². The van der Waals surface area contributed by atoms with Crippen molar-refractivity contribution in [2.45, 2.75) is 38.1 Å². The van der Waals surface area contributed by atoms with Gasteiger partial charge in [-0.25, -0.2) is 0 Å². The van der Waals surface area contributed by atoms with Crippen LogP contribution in [0.2, 0.25) is 0 Å². The van der Waals surface area contributed by atoms with Crippen molar-refractivity contribution >= 4 is 5.96 Å². The van der Waals surface area contributed by atoms with Gasteiger partial charge in [0.15, 0.2) is 5.96 Å². The monoisotopic (exact) mass is 386 g/mol. The quantitative estimate of drug-likeness (QED) is 0.577. The Balaban J connectivity index is 1.16. The second-order valence-electron chi connectivity index (χ2n) is 8.24. The van der Waals surface area contributed by atoms with Crippen molar-refractivity contribution in [1.29, 1.82) is 0 Å². The van der Waals surface area contributed by atoms with E-state index in [4.69, 9.17) is 9.47 Å². The molecular formula is C22H34N4O2. The predicted octanol–water partition coefficient (Wildman–Crippen LogP) is 1.83. The van der Waals surface area contributed by atoms with Crippen molar-refractivity contribution in [2.75, 3.05) is 53.0 Å². The first kappa shape index (κ1) is 19.5. The summed E-state index contributed by atoms with van der Waals surface area (Å²) in [6, 6.07) is 7.08. The van der Waals surface area contributed by atoms with E-state index in [1.165, 1.54) is 50.0 Å². The first-order valence-electron chi connectivity index (χ1n) is 10.8. The highest BCUT2D eigenvalue weighted by atomic mass is 16.5. The maximum atomic E-state index is 5.59. The van der Waals surface area contributed by atoms with E-state index in [1.807, 2.05) is 7.05 Å². The van der Waals surface area contributed by atoms with E-state index in [1.54, 1.807) is 0 Å². The van der Waals surface area contributed by atoms with Gasteiger partial charge in [-0.1, -0.05) is 12.1 Å². The molecular weight excluding hydrogens is 352 g/mol. The van der Waals surface area contributed by atoms with E-state index < -0.39 is 0 Å². The molecule has 1 unspecified atom stereocenters. The number of nitrogens with zero attached hydrogens (tertiary/aromatic N) is 2. The van der Waals surface area contributed by atoms with E-state index in [9.17, 15) is 0 Å². The Labute approximate surface area is 168 Å². The average Bonchev–Trinajstić information content (AvgIpc) is 3.40. The Bertz CT molecular complexity index is 665. The molecule has 1 aromatic rings. The third-order valence-electron chi connectivity index (χ3n) is 6.15. The molecule has 0 aromatic heterocycles. The largest absolute Gasteiger partial charge is 0.493 e.